The highest BCUT2D eigenvalue weighted by molar-refractivity contribution is 7.13. The number of nitrogens with zero attached hydrogens (tertiary/aromatic N) is 3. The number of hydrogen-bond acceptors (Lipinski definition) is 7. The lowest BCUT2D eigenvalue weighted by Crippen LogP contribution is -2.33. The Morgan fingerprint density at radius 3 is 2.92 bits per heavy atom. The van der Waals surface area contributed by atoms with E-state index in [2.05, 4.69) is 15.4 Å². The number of benzene rings is 1. The first kappa shape index (κ1) is 16.3. The lowest BCUT2D eigenvalue weighted by Gasteiger charge is -2.14. The number of ether oxygens (including phenoxy) is 2. The molecule has 0 radical (unpaired) electrons. The van der Waals surface area contributed by atoms with Gasteiger partial charge in [-0.25, -0.2) is 9.67 Å². The minimum atomic E-state index is -0.791. The number of rotatable bonds is 4. The highest BCUT2D eigenvalue weighted by Crippen LogP contribution is 2.35. The average molecular weight is 370 g/mol. The van der Waals surface area contributed by atoms with Crippen LogP contribution in [0.2, 0.25) is 0 Å². The van der Waals surface area contributed by atoms with E-state index in [1.165, 1.54) is 17.4 Å². The topological polar surface area (TPSA) is 95.3 Å². The molecule has 3 heterocycles. The van der Waals surface area contributed by atoms with E-state index in [0.29, 0.717) is 22.3 Å². The maximum Gasteiger partial charge on any atom is 0.267 e. The van der Waals surface area contributed by atoms with Crippen molar-refractivity contribution in [3.8, 4) is 22.8 Å². The van der Waals surface area contributed by atoms with Crippen LogP contribution in [0.1, 0.15) is 13.0 Å². The van der Waals surface area contributed by atoms with Crippen molar-refractivity contribution in [1.29, 1.82) is 0 Å². The Morgan fingerprint density at radius 2 is 2.12 bits per heavy atom. The van der Waals surface area contributed by atoms with Gasteiger partial charge in [-0.2, -0.15) is 5.10 Å². The number of carbonyl (C=O) groups excluding carboxylic acids is 1. The molecule has 2 aromatic heterocycles. The third-order valence-electron chi connectivity index (χ3n) is 3.90. The van der Waals surface area contributed by atoms with E-state index in [-0.39, 0.29) is 18.3 Å². The summed E-state index contributed by atoms with van der Waals surface area (Å²) in [4.78, 5) is 28.6. The van der Waals surface area contributed by atoms with Crippen LogP contribution in [-0.2, 0) is 4.79 Å². The maximum atomic E-state index is 12.4. The van der Waals surface area contributed by atoms with Crippen molar-refractivity contribution in [2.45, 2.75) is 13.0 Å². The monoisotopic (exact) mass is 370 g/mol. The Balaban J connectivity index is 1.63. The molecule has 0 spiro atoms. The summed E-state index contributed by atoms with van der Waals surface area (Å²) in [7, 11) is 0. The first-order chi connectivity index (χ1) is 12.6. The minimum Gasteiger partial charge on any atom is -0.454 e. The molecule has 1 aliphatic heterocycles. The molecule has 0 aliphatic carbocycles. The molecular weight excluding hydrogens is 356 g/mol. The number of nitrogens with one attached hydrogen (secondary N) is 1. The van der Waals surface area contributed by atoms with Gasteiger partial charge in [0.05, 0.1) is 5.69 Å². The lowest BCUT2D eigenvalue weighted by molar-refractivity contribution is -0.119. The second-order valence-electron chi connectivity index (χ2n) is 5.57. The van der Waals surface area contributed by atoms with Gasteiger partial charge in [0.2, 0.25) is 6.79 Å². The molecule has 1 aromatic carbocycles. The molecule has 1 N–H and O–H groups in total. The van der Waals surface area contributed by atoms with Crippen molar-refractivity contribution in [2.24, 2.45) is 0 Å². The maximum absolute atomic E-state index is 12.4. The molecule has 4 rings (SSSR count). The van der Waals surface area contributed by atoms with Crippen LogP contribution >= 0.6 is 11.3 Å². The average Bonchev–Trinajstić information content (AvgIpc) is 3.32. The molecule has 132 valence electrons. The second kappa shape index (κ2) is 6.60. The highest BCUT2D eigenvalue weighted by atomic mass is 32.1. The van der Waals surface area contributed by atoms with Gasteiger partial charge in [0, 0.05) is 23.2 Å². The lowest BCUT2D eigenvalue weighted by atomic mass is 10.1. The predicted molar refractivity (Wildman–Crippen MR) is 95.5 cm³/mol. The largest absolute Gasteiger partial charge is 0.454 e. The molecule has 0 saturated carbocycles. The van der Waals surface area contributed by atoms with E-state index >= 15 is 0 Å². The zero-order valence-electron chi connectivity index (χ0n) is 13.7. The van der Waals surface area contributed by atoms with Gasteiger partial charge in [0.25, 0.3) is 11.5 Å². The summed E-state index contributed by atoms with van der Waals surface area (Å²) in [5.41, 5.74) is 0.948. The van der Waals surface area contributed by atoms with Crippen LogP contribution < -0.4 is 20.3 Å². The van der Waals surface area contributed by atoms with E-state index in [9.17, 15) is 9.59 Å². The molecule has 26 heavy (non-hydrogen) atoms. The van der Waals surface area contributed by atoms with E-state index in [1.807, 2.05) is 6.07 Å². The van der Waals surface area contributed by atoms with Crippen LogP contribution in [-0.4, -0.2) is 27.5 Å². The first-order valence-electron chi connectivity index (χ1n) is 7.82. The van der Waals surface area contributed by atoms with Crippen LogP contribution in [0.25, 0.3) is 11.3 Å². The molecule has 1 aliphatic rings. The molecule has 9 heteroatoms. The van der Waals surface area contributed by atoms with Crippen molar-refractivity contribution in [2.75, 3.05) is 12.1 Å². The van der Waals surface area contributed by atoms with Crippen molar-refractivity contribution in [1.82, 2.24) is 14.8 Å². The fourth-order valence-corrected chi connectivity index (χ4v) is 3.05. The molecule has 8 nitrogen and oxygen atoms in total. The summed E-state index contributed by atoms with van der Waals surface area (Å²) in [6.45, 7) is 1.79. The Kier molecular flexibility index (Phi) is 4.13. The van der Waals surface area contributed by atoms with Gasteiger partial charge in [-0.15, -0.1) is 11.3 Å². The zero-order chi connectivity index (χ0) is 18.1. The molecule has 1 atom stereocenters. The van der Waals surface area contributed by atoms with Crippen molar-refractivity contribution in [3.05, 3.63) is 52.3 Å². The fourth-order valence-electron chi connectivity index (χ4n) is 2.52. The van der Waals surface area contributed by atoms with E-state index in [4.69, 9.17) is 9.47 Å². The number of hydrogen-bond donors (Lipinski definition) is 1. The quantitative estimate of drug-likeness (QED) is 0.757. The van der Waals surface area contributed by atoms with Crippen molar-refractivity contribution < 1.29 is 14.3 Å². The number of fused-ring (bicyclic) bond motifs is 1. The van der Waals surface area contributed by atoms with Crippen molar-refractivity contribution in [3.63, 3.8) is 0 Å². The summed E-state index contributed by atoms with van der Waals surface area (Å²) in [6.07, 6.45) is 1.59. The number of aromatic nitrogens is 3. The van der Waals surface area contributed by atoms with Gasteiger partial charge in [-0.1, -0.05) is 0 Å². The van der Waals surface area contributed by atoms with Crippen LogP contribution in [0.15, 0.2) is 46.7 Å². The van der Waals surface area contributed by atoms with Crippen LogP contribution in [0.3, 0.4) is 0 Å². The van der Waals surface area contributed by atoms with Gasteiger partial charge in [-0.3, -0.25) is 9.59 Å². The number of carbonyl (C=O) groups is 1. The van der Waals surface area contributed by atoms with Gasteiger partial charge < -0.3 is 14.8 Å². The van der Waals surface area contributed by atoms with Gasteiger partial charge in [0.1, 0.15) is 6.04 Å². The zero-order valence-corrected chi connectivity index (χ0v) is 14.5. The van der Waals surface area contributed by atoms with E-state index < -0.39 is 6.04 Å². The fraction of sp³-hybridized carbons (Fsp3) is 0.176. The van der Waals surface area contributed by atoms with Crippen LogP contribution in [0, 0.1) is 0 Å². The Morgan fingerprint density at radius 1 is 1.27 bits per heavy atom. The second-order valence-corrected chi connectivity index (χ2v) is 6.47. The summed E-state index contributed by atoms with van der Waals surface area (Å²) in [6, 6.07) is 7.61. The standard InChI is InChI=1S/C17H14N4O4S/c1-10(16(23)19-17-18-6-7-26-17)21-15(22)5-3-12(20-21)11-2-4-13-14(8-11)25-9-24-13/h2-8,10H,9H2,1H3,(H,18,19,23). The summed E-state index contributed by atoms with van der Waals surface area (Å²) >= 11 is 1.30. The number of amides is 1. The van der Waals surface area contributed by atoms with Crippen LogP contribution in [0.4, 0.5) is 5.13 Å². The molecule has 0 bridgehead atoms. The summed E-state index contributed by atoms with van der Waals surface area (Å²) < 4.78 is 11.8. The summed E-state index contributed by atoms with van der Waals surface area (Å²) in [5.74, 6) is 0.923. The highest BCUT2D eigenvalue weighted by Gasteiger charge is 2.20. The van der Waals surface area contributed by atoms with Gasteiger partial charge in [-0.05, 0) is 31.2 Å². The molecular formula is C17H14N4O4S. The van der Waals surface area contributed by atoms with Gasteiger partial charge in [0.15, 0.2) is 16.6 Å². The first-order valence-corrected chi connectivity index (χ1v) is 8.70. The van der Waals surface area contributed by atoms with E-state index in [0.717, 1.165) is 10.2 Å². The molecule has 3 aromatic rings. The SMILES string of the molecule is CC(C(=O)Nc1nccs1)n1nc(-c2ccc3c(c2)OCO3)ccc1=O. The number of thiazole rings is 1. The Bertz CT molecular complexity index is 1020. The third kappa shape index (κ3) is 3.04. The molecule has 0 saturated heterocycles. The van der Waals surface area contributed by atoms with Gasteiger partial charge >= 0.3 is 0 Å². The van der Waals surface area contributed by atoms with E-state index in [1.54, 1.807) is 36.7 Å². The third-order valence-corrected chi connectivity index (χ3v) is 4.59. The molecule has 1 amide bonds. The summed E-state index contributed by atoms with van der Waals surface area (Å²) in [5, 5.41) is 9.25. The number of anilines is 1. The van der Waals surface area contributed by atoms with Crippen molar-refractivity contribution >= 4 is 22.4 Å². The molecule has 0 fully saturated rings. The normalized spacial score (nSPS) is 13.4. The smallest absolute Gasteiger partial charge is 0.267 e. The molecule has 1 unspecified atom stereocenters. The van der Waals surface area contributed by atoms with Crippen LogP contribution in [0.5, 0.6) is 11.5 Å². The minimum absolute atomic E-state index is 0.180. The Hall–Kier alpha value is -3.20. The predicted octanol–water partition coefficient (Wildman–Crippen LogP) is 2.30. The Labute approximate surface area is 152 Å².